The lowest BCUT2D eigenvalue weighted by Gasteiger charge is -2.35. The monoisotopic (exact) mass is 348 g/mol. The molecule has 0 aromatic heterocycles. The van der Waals surface area contributed by atoms with Gasteiger partial charge in [-0.15, -0.1) is 0 Å². The average molecular weight is 348 g/mol. The molecular formula is C18H24N2O5. The van der Waals surface area contributed by atoms with Crippen LogP contribution in [0.4, 0.5) is 5.69 Å². The van der Waals surface area contributed by atoms with E-state index in [1.165, 1.54) is 0 Å². The van der Waals surface area contributed by atoms with Crippen molar-refractivity contribution in [3.63, 3.8) is 0 Å². The van der Waals surface area contributed by atoms with Crippen LogP contribution in [0.5, 0.6) is 11.5 Å². The molecule has 2 heterocycles. The third-order valence-corrected chi connectivity index (χ3v) is 4.80. The van der Waals surface area contributed by atoms with Crippen molar-refractivity contribution >= 4 is 17.5 Å². The highest BCUT2D eigenvalue weighted by Gasteiger charge is 2.39. The summed E-state index contributed by atoms with van der Waals surface area (Å²) in [4.78, 5) is 28.8. The van der Waals surface area contributed by atoms with Crippen molar-refractivity contribution in [1.29, 1.82) is 0 Å². The lowest BCUT2D eigenvalue weighted by Crippen LogP contribution is -2.49. The summed E-state index contributed by atoms with van der Waals surface area (Å²) in [7, 11) is 3.13. The third kappa shape index (κ3) is 3.42. The molecule has 0 radical (unpaired) electrons. The van der Waals surface area contributed by atoms with Gasteiger partial charge in [-0.05, 0) is 19.1 Å². The van der Waals surface area contributed by atoms with E-state index in [9.17, 15) is 9.59 Å². The van der Waals surface area contributed by atoms with Crippen LogP contribution in [0, 0.1) is 5.92 Å². The van der Waals surface area contributed by atoms with Gasteiger partial charge in [0, 0.05) is 25.6 Å². The van der Waals surface area contributed by atoms with Gasteiger partial charge in [-0.25, -0.2) is 0 Å². The summed E-state index contributed by atoms with van der Waals surface area (Å²) < 4.78 is 16.0. The zero-order chi connectivity index (χ0) is 18.0. The van der Waals surface area contributed by atoms with Crippen LogP contribution in [0.15, 0.2) is 18.2 Å². The summed E-state index contributed by atoms with van der Waals surface area (Å²) >= 11 is 0. The van der Waals surface area contributed by atoms with Gasteiger partial charge >= 0.3 is 0 Å². The van der Waals surface area contributed by atoms with E-state index >= 15 is 0 Å². The molecule has 136 valence electrons. The van der Waals surface area contributed by atoms with Crippen molar-refractivity contribution in [3.05, 3.63) is 18.2 Å². The Labute approximate surface area is 147 Å². The first-order valence-corrected chi connectivity index (χ1v) is 8.45. The van der Waals surface area contributed by atoms with Crippen LogP contribution >= 0.6 is 0 Å². The molecule has 2 atom stereocenters. The number of carbonyl (C=O) groups is 2. The summed E-state index contributed by atoms with van der Waals surface area (Å²) in [6, 6.07) is 5.35. The Morgan fingerprint density at radius 3 is 2.76 bits per heavy atom. The van der Waals surface area contributed by atoms with E-state index < -0.39 is 0 Å². The Bertz CT molecular complexity index is 663. The van der Waals surface area contributed by atoms with E-state index in [1.807, 2.05) is 11.8 Å². The number of hydrogen-bond donors (Lipinski definition) is 0. The predicted molar refractivity (Wildman–Crippen MR) is 92.0 cm³/mol. The fourth-order valence-electron chi connectivity index (χ4n) is 3.40. The zero-order valence-corrected chi connectivity index (χ0v) is 14.9. The van der Waals surface area contributed by atoms with Gasteiger partial charge < -0.3 is 24.0 Å². The Morgan fingerprint density at radius 2 is 2.08 bits per heavy atom. The van der Waals surface area contributed by atoms with Crippen LogP contribution < -0.4 is 14.4 Å². The number of nitrogens with zero attached hydrogens (tertiary/aromatic N) is 2. The normalized spacial score (nSPS) is 23.7. The van der Waals surface area contributed by atoms with Gasteiger partial charge in [0.05, 0.1) is 45.1 Å². The van der Waals surface area contributed by atoms with Crippen LogP contribution in [0.25, 0.3) is 0 Å². The molecule has 0 unspecified atom stereocenters. The van der Waals surface area contributed by atoms with Crippen molar-refractivity contribution in [2.45, 2.75) is 19.4 Å². The van der Waals surface area contributed by atoms with Crippen LogP contribution in [0.1, 0.15) is 13.3 Å². The molecule has 2 amide bonds. The maximum Gasteiger partial charge on any atom is 0.228 e. The Hall–Kier alpha value is -2.28. The molecule has 0 aliphatic carbocycles. The van der Waals surface area contributed by atoms with Crippen molar-refractivity contribution in [2.24, 2.45) is 5.92 Å². The quantitative estimate of drug-likeness (QED) is 0.820. The van der Waals surface area contributed by atoms with E-state index in [0.29, 0.717) is 43.5 Å². The van der Waals surface area contributed by atoms with Crippen molar-refractivity contribution in [1.82, 2.24) is 4.90 Å². The molecule has 0 bridgehead atoms. The summed E-state index contributed by atoms with van der Waals surface area (Å²) in [5.41, 5.74) is 0.636. The second-order valence-corrected chi connectivity index (χ2v) is 6.40. The predicted octanol–water partition coefficient (Wildman–Crippen LogP) is 1.30. The number of amides is 2. The number of hydrogen-bond acceptors (Lipinski definition) is 5. The fraction of sp³-hybridized carbons (Fsp3) is 0.556. The summed E-state index contributed by atoms with van der Waals surface area (Å²) in [6.07, 6.45) is 0.212. The molecule has 0 spiro atoms. The largest absolute Gasteiger partial charge is 0.497 e. The molecule has 3 rings (SSSR count). The second-order valence-electron chi connectivity index (χ2n) is 6.40. The Kier molecular flexibility index (Phi) is 5.13. The van der Waals surface area contributed by atoms with Gasteiger partial charge in [0.25, 0.3) is 0 Å². The van der Waals surface area contributed by atoms with Gasteiger partial charge in [0.1, 0.15) is 11.5 Å². The molecule has 1 aromatic carbocycles. The van der Waals surface area contributed by atoms with Crippen molar-refractivity contribution in [3.8, 4) is 11.5 Å². The minimum absolute atomic E-state index is 0.0218. The highest BCUT2D eigenvalue weighted by Crippen LogP contribution is 2.36. The smallest absolute Gasteiger partial charge is 0.228 e. The van der Waals surface area contributed by atoms with Crippen molar-refractivity contribution in [2.75, 3.05) is 45.4 Å². The van der Waals surface area contributed by atoms with Crippen molar-refractivity contribution < 1.29 is 23.8 Å². The molecule has 2 aliphatic heterocycles. The molecule has 7 nitrogen and oxygen atoms in total. The molecule has 0 saturated carbocycles. The number of benzene rings is 1. The van der Waals surface area contributed by atoms with Crippen LogP contribution in [-0.2, 0) is 14.3 Å². The summed E-state index contributed by atoms with van der Waals surface area (Å²) in [5, 5.41) is 0. The SMILES string of the molecule is COc1ccc(OC)c(N2C[C@H](C(=O)N3CCOC[C@H]3C)CC2=O)c1. The minimum atomic E-state index is -0.344. The van der Waals surface area contributed by atoms with Gasteiger partial charge in [-0.3, -0.25) is 9.59 Å². The van der Waals surface area contributed by atoms with E-state index in [0.717, 1.165) is 0 Å². The van der Waals surface area contributed by atoms with Gasteiger partial charge in [-0.1, -0.05) is 0 Å². The second kappa shape index (κ2) is 7.31. The van der Waals surface area contributed by atoms with Gasteiger partial charge in [0.2, 0.25) is 11.8 Å². The zero-order valence-electron chi connectivity index (χ0n) is 14.9. The maximum atomic E-state index is 12.8. The van der Waals surface area contributed by atoms with Gasteiger partial charge in [-0.2, -0.15) is 0 Å². The highest BCUT2D eigenvalue weighted by atomic mass is 16.5. The molecule has 2 fully saturated rings. The molecule has 2 saturated heterocycles. The minimum Gasteiger partial charge on any atom is -0.497 e. The first kappa shape index (κ1) is 17.5. The standard InChI is InChI=1S/C18H24N2O5/c1-12-11-25-7-6-19(12)18(22)13-8-17(21)20(10-13)15-9-14(23-2)4-5-16(15)24-3/h4-5,9,12-13H,6-8,10-11H2,1-3H3/t12-,13-/m1/s1. The van der Waals surface area contributed by atoms with E-state index in [2.05, 4.69) is 0 Å². The van der Waals surface area contributed by atoms with Crippen LogP contribution in [-0.4, -0.2) is 63.3 Å². The molecule has 2 aliphatic rings. The van der Waals surface area contributed by atoms with E-state index in [-0.39, 0.29) is 30.2 Å². The van der Waals surface area contributed by atoms with Crippen LogP contribution in [0.3, 0.4) is 0 Å². The lowest BCUT2D eigenvalue weighted by molar-refractivity contribution is -0.143. The van der Waals surface area contributed by atoms with E-state index in [4.69, 9.17) is 14.2 Å². The molecular weight excluding hydrogens is 324 g/mol. The Morgan fingerprint density at radius 1 is 1.28 bits per heavy atom. The lowest BCUT2D eigenvalue weighted by atomic mass is 10.1. The highest BCUT2D eigenvalue weighted by molar-refractivity contribution is 6.01. The topological polar surface area (TPSA) is 68.3 Å². The first-order chi connectivity index (χ1) is 12.0. The number of ether oxygens (including phenoxy) is 3. The number of carbonyl (C=O) groups excluding carboxylic acids is 2. The third-order valence-electron chi connectivity index (χ3n) is 4.80. The fourth-order valence-corrected chi connectivity index (χ4v) is 3.40. The van der Waals surface area contributed by atoms with Gasteiger partial charge in [0.15, 0.2) is 0 Å². The molecule has 25 heavy (non-hydrogen) atoms. The van der Waals surface area contributed by atoms with Crippen LogP contribution in [0.2, 0.25) is 0 Å². The maximum absolute atomic E-state index is 12.8. The Balaban J connectivity index is 1.80. The average Bonchev–Trinajstić information content (AvgIpc) is 3.02. The summed E-state index contributed by atoms with van der Waals surface area (Å²) in [6.45, 7) is 3.99. The number of anilines is 1. The molecule has 1 aromatic rings. The first-order valence-electron chi connectivity index (χ1n) is 8.45. The number of morpholine rings is 1. The number of methoxy groups -OCH3 is 2. The van der Waals surface area contributed by atoms with E-state index in [1.54, 1.807) is 37.3 Å². The summed E-state index contributed by atoms with van der Waals surface area (Å²) in [5.74, 6) is 0.824. The molecule has 7 heteroatoms. The number of rotatable bonds is 4. The molecule has 0 N–H and O–H groups in total.